The molecule has 2 aromatic carbocycles. The number of nitro groups is 1. The van der Waals surface area contributed by atoms with E-state index in [1.165, 1.54) is 25.3 Å². The monoisotopic (exact) mass is 389 g/mol. The van der Waals surface area contributed by atoms with E-state index < -0.39 is 10.8 Å². The quantitative estimate of drug-likeness (QED) is 0.289. The van der Waals surface area contributed by atoms with Gasteiger partial charge in [0, 0.05) is 12.1 Å². The molecule has 0 spiro atoms. The number of ether oxygens (including phenoxy) is 1. The first kappa shape index (κ1) is 19.4. The number of anilines is 1. The van der Waals surface area contributed by atoms with Gasteiger partial charge < -0.3 is 14.5 Å². The van der Waals surface area contributed by atoms with Crippen LogP contribution in [0.25, 0.3) is 17.4 Å². The molecule has 0 saturated carbocycles. The summed E-state index contributed by atoms with van der Waals surface area (Å²) in [6.07, 6.45) is 1.27. The number of nitrogens with one attached hydrogen (secondary N) is 1. The molecule has 1 N–H and O–H groups in total. The van der Waals surface area contributed by atoms with Gasteiger partial charge in [0.2, 0.25) is 0 Å². The van der Waals surface area contributed by atoms with Gasteiger partial charge in [-0.2, -0.15) is 5.26 Å². The largest absolute Gasteiger partial charge is 0.495 e. The van der Waals surface area contributed by atoms with E-state index in [2.05, 4.69) is 5.32 Å². The third-order valence-corrected chi connectivity index (χ3v) is 4.00. The molecule has 0 unspecified atom stereocenters. The Morgan fingerprint density at radius 2 is 1.90 bits per heavy atom. The van der Waals surface area contributed by atoms with Gasteiger partial charge in [-0.05, 0) is 30.3 Å². The van der Waals surface area contributed by atoms with Crippen LogP contribution in [0.5, 0.6) is 5.75 Å². The molecule has 1 heterocycles. The Morgan fingerprint density at radius 1 is 1.17 bits per heavy atom. The lowest BCUT2D eigenvalue weighted by atomic mass is 10.1. The van der Waals surface area contributed by atoms with E-state index in [0.29, 0.717) is 17.0 Å². The second-order valence-corrected chi connectivity index (χ2v) is 5.80. The number of rotatable bonds is 6. The zero-order valence-corrected chi connectivity index (χ0v) is 15.3. The predicted molar refractivity (Wildman–Crippen MR) is 106 cm³/mol. The van der Waals surface area contributed by atoms with Crippen molar-refractivity contribution < 1.29 is 18.9 Å². The Balaban J connectivity index is 1.87. The number of hydrogen-bond acceptors (Lipinski definition) is 6. The van der Waals surface area contributed by atoms with Crippen molar-refractivity contribution in [3.8, 4) is 23.1 Å². The van der Waals surface area contributed by atoms with Crippen molar-refractivity contribution in [2.75, 3.05) is 12.4 Å². The van der Waals surface area contributed by atoms with Gasteiger partial charge >= 0.3 is 0 Å². The van der Waals surface area contributed by atoms with Crippen LogP contribution >= 0.6 is 0 Å². The maximum Gasteiger partial charge on any atom is 0.280 e. The first-order valence-electron chi connectivity index (χ1n) is 8.43. The highest BCUT2D eigenvalue weighted by atomic mass is 16.6. The van der Waals surface area contributed by atoms with E-state index in [0.717, 1.165) is 0 Å². The summed E-state index contributed by atoms with van der Waals surface area (Å²) < 4.78 is 10.8. The molecule has 0 bridgehead atoms. The van der Waals surface area contributed by atoms with Crippen LogP contribution < -0.4 is 10.1 Å². The minimum Gasteiger partial charge on any atom is -0.495 e. The molecule has 3 rings (SSSR count). The average Bonchev–Trinajstić information content (AvgIpc) is 3.20. The molecule has 0 radical (unpaired) electrons. The molecule has 29 heavy (non-hydrogen) atoms. The summed E-state index contributed by atoms with van der Waals surface area (Å²) in [5.74, 6) is 0.284. The third kappa shape index (κ3) is 4.31. The van der Waals surface area contributed by atoms with Crippen LogP contribution in [0.15, 0.2) is 70.7 Å². The van der Waals surface area contributed by atoms with Crippen LogP contribution in [0.3, 0.4) is 0 Å². The summed E-state index contributed by atoms with van der Waals surface area (Å²) in [6.45, 7) is 0. The minimum absolute atomic E-state index is 0.105. The van der Waals surface area contributed by atoms with E-state index in [1.807, 2.05) is 6.07 Å². The molecule has 0 fully saturated rings. The molecule has 0 atom stereocenters. The molecule has 0 aliphatic heterocycles. The van der Waals surface area contributed by atoms with Gasteiger partial charge in [-0.15, -0.1) is 0 Å². The van der Waals surface area contributed by atoms with Crippen molar-refractivity contribution in [1.29, 1.82) is 5.26 Å². The van der Waals surface area contributed by atoms with Crippen LogP contribution in [0.1, 0.15) is 5.76 Å². The van der Waals surface area contributed by atoms with Crippen LogP contribution in [0, 0.1) is 21.4 Å². The first-order chi connectivity index (χ1) is 14.0. The maximum absolute atomic E-state index is 12.4. The number of carbonyl (C=O) groups excluding carboxylic acids is 1. The van der Waals surface area contributed by atoms with Crippen LogP contribution in [0.4, 0.5) is 11.4 Å². The van der Waals surface area contributed by atoms with Crippen LogP contribution in [-0.2, 0) is 4.79 Å². The third-order valence-electron chi connectivity index (χ3n) is 4.00. The zero-order valence-electron chi connectivity index (χ0n) is 15.3. The molecule has 0 saturated heterocycles. The minimum atomic E-state index is -0.638. The van der Waals surface area contributed by atoms with E-state index in [-0.39, 0.29) is 22.8 Å². The SMILES string of the molecule is COc1ccccc1NC(=O)/C(C#N)=C/c1ccc(-c2ccccc2[N+](=O)[O-])o1. The molecule has 3 aromatic rings. The van der Waals surface area contributed by atoms with Gasteiger partial charge in [-0.1, -0.05) is 24.3 Å². The Labute approximate surface area is 165 Å². The number of hydrogen-bond donors (Lipinski definition) is 1. The van der Waals surface area contributed by atoms with Gasteiger partial charge in [0.15, 0.2) is 0 Å². The van der Waals surface area contributed by atoms with Crippen molar-refractivity contribution in [2.45, 2.75) is 0 Å². The van der Waals surface area contributed by atoms with Gasteiger partial charge in [0.1, 0.15) is 28.9 Å². The first-order valence-corrected chi connectivity index (χ1v) is 8.43. The molecule has 144 valence electrons. The number of nitriles is 1. The normalized spacial score (nSPS) is 10.8. The molecular weight excluding hydrogens is 374 g/mol. The van der Waals surface area contributed by atoms with Crippen molar-refractivity contribution in [2.24, 2.45) is 0 Å². The second kappa shape index (κ2) is 8.54. The molecule has 1 aromatic heterocycles. The van der Waals surface area contributed by atoms with E-state index in [1.54, 1.807) is 48.5 Å². The fourth-order valence-corrected chi connectivity index (χ4v) is 2.64. The topological polar surface area (TPSA) is 118 Å². The average molecular weight is 389 g/mol. The lowest BCUT2D eigenvalue weighted by Crippen LogP contribution is -2.14. The molecule has 8 nitrogen and oxygen atoms in total. The van der Waals surface area contributed by atoms with Gasteiger partial charge in [0.05, 0.1) is 23.3 Å². The maximum atomic E-state index is 12.4. The standard InChI is InChI=1S/C21H15N3O5/c1-28-20-9-5-3-7-17(20)23-21(25)14(13-22)12-15-10-11-19(29-15)16-6-2-4-8-18(16)24(26)27/h2-12H,1H3,(H,23,25)/b14-12+. The summed E-state index contributed by atoms with van der Waals surface area (Å²) in [6, 6.07) is 17.8. The number of amides is 1. The number of furan rings is 1. The Bertz CT molecular complexity index is 1140. The van der Waals surface area contributed by atoms with Crippen molar-refractivity contribution in [3.05, 3.63) is 82.1 Å². The summed E-state index contributed by atoms with van der Waals surface area (Å²) >= 11 is 0. The smallest absolute Gasteiger partial charge is 0.280 e. The van der Waals surface area contributed by atoms with Crippen LogP contribution in [0.2, 0.25) is 0 Å². The van der Waals surface area contributed by atoms with E-state index in [9.17, 15) is 20.2 Å². The number of nitro benzene ring substituents is 1. The summed E-state index contributed by atoms with van der Waals surface area (Å²) in [7, 11) is 1.47. The second-order valence-electron chi connectivity index (χ2n) is 5.80. The Kier molecular flexibility index (Phi) is 5.71. The van der Waals surface area contributed by atoms with Gasteiger partial charge in [-0.25, -0.2) is 0 Å². The zero-order chi connectivity index (χ0) is 20.8. The predicted octanol–water partition coefficient (Wildman–Crippen LogP) is 4.41. The Hall–Kier alpha value is -4.38. The van der Waals surface area contributed by atoms with Crippen molar-refractivity contribution >= 4 is 23.4 Å². The van der Waals surface area contributed by atoms with Gasteiger partial charge in [-0.3, -0.25) is 14.9 Å². The summed E-state index contributed by atoms with van der Waals surface area (Å²) in [5.41, 5.74) is 0.418. The summed E-state index contributed by atoms with van der Waals surface area (Å²) in [4.78, 5) is 23.1. The number of nitrogens with zero attached hydrogens (tertiary/aromatic N) is 2. The highest BCUT2D eigenvalue weighted by Crippen LogP contribution is 2.31. The number of benzene rings is 2. The molecule has 8 heteroatoms. The van der Waals surface area contributed by atoms with E-state index in [4.69, 9.17) is 9.15 Å². The summed E-state index contributed by atoms with van der Waals surface area (Å²) in [5, 5.41) is 23.2. The fourth-order valence-electron chi connectivity index (χ4n) is 2.64. The Morgan fingerprint density at radius 3 is 2.62 bits per heavy atom. The lowest BCUT2D eigenvalue weighted by Gasteiger charge is -2.08. The highest BCUT2D eigenvalue weighted by molar-refractivity contribution is 6.10. The number of carbonyl (C=O) groups is 1. The molecule has 1 amide bonds. The number of para-hydroxylation sites is 3. The fraction of sp³-hybridized carbons (Fsp3) is 0.0476. The highest BCUT2D eigenvalue weighted by Gasteiger charge is 2.18. The van der Waals surface area contributed by atoms with E-state index >= 15 is 0 Å². The van der Waals surface area contributed by atoms with Crippen LogP contribution in [-0.4, -0.2) is 17.9 Å². The lowest BCUT2D eigenvalue weighted by molar-refractivity contribution is -0.384. The van der Waals surface area contributed by atoms with Crippen molar-refractivity contribution in [3.63, 3.8) is 0 Å². The molecule has 0 aliphatic carbocycles. The van der Waals surface area contributed by atoms with Gasteiger partial charge in [0.25, 0.3) is 11.6 Å². The van der Waals surface area contributed by atoms with Crippen molar-refractivity contribution in [1.82, 2.24) is 0 Å². The molecule has 0 aliphatic rings. The molecular formula is C21H15N3O5. The number of methoxy groups -OCH3 is 1.